The van der Waals surface area contributed by atoms with E-state index in [1.54, 1.807) is 48.5 Å². The second-order valence-electron chi connectivity index (χ2n) is 8.00. The van der Waals surface area contributed by atoms with Crippen LogP contribution in [0.3, 0.4) is 0 Å². The SMILES string of the molecule is C=CCOc1cccc(C2c3c(oc4ccc(Cl)cc4c3=O)C(=O)N2c2ccc(C)c(Cl)c2)c1. The Kier molecular flexibility index (Phi) is 5.68. The van der Waals surface area contributed by atoms with Crippen molar-refractivity contribution >= 4 is 45.8 Å². The zero-order valence-corrected chi connectivity index (χ0v) is 19.7. The van der Waals surface area contributed by atoms with Crippen molar-refractivity contribution in [3.05, 3.63) is 116 Å². The van der Waals surface area contributed by atoms with Crippen LogP contribution in [0.25, 0.3) is 11.0 Å². The molecule has 0 bridgehead atoms. The van der Waals surface area contributed by atoms with Crippen molar-refractivity contribution < 1.29 is 13.9 Å². The van der Waals surface area contributed by atoms with E-state index in [-0.39, 0.29) is 16.8 Å². The minimum atomic E-state index is -0.742. The fourth-order valence-electron chi connectivity index (χ4n) is 4.19. The van der Waals surface area contributed by atoms with Crippen molar-refractivity contribution in [2.24, 2.45) is 0 Å². The maximum atomic E-state index is 13.7. The smallest absolute Gasteiger partial charge is 0.295 e. The molecule has 5 nitrogen and oxygen atoms in total. The van der Waals surface area contributed by atoms with E-state index in [2.05, 4.69) is 6.58 Å². The Hall–Kier alpha value is -3.54. The van der Waals surface area contributed by atoms with Gasteiger partial charge in [-0.05, 0) is 60.5 Å². The van der Waals surface area contributed by atoms with Crippen molar-refractivity contribution in [3.63, 3.8) is 0 Å². The average molecular weight is 492 g/mol. The highest BCUT2D eigenvalue weighted by molar-refractivity contribution is 6.32. The first-order valence-electron chi connectivity index (χ1n) is 10.6. The van der Waals surface area contributed by atoms with E-state index in [1.807, 2.05) is 25.1 Å². The van der Waals surface area contributed by atoms with Gasteiger partial charge in [0.2, 0.25) is 5.76 Å². The van der Waals surface area contributed by atoms with E-state index < -0.39 is 11.9 Å². The third-order valence-electron chi connectivity index (χ3n) is 5.81. The summed E-state index contributed by atoms with van der Waals surface area (Å²) in [5, 5.41) is 1.23. The average Bonchev–Trinajstić information content (AvgIpc) is 3.13. The highest BCUT2D eigenvalue weighted by Gasteiger charge is 2.43. The van der Waals surface area contributed by atoms with Crippen LogP contribution < -0.4 is 15.1 Å². The van der Waals surface area contributed by atoms with Gasteiger partial charge in [0.1, 0.15) is 17.9 Å². The van der Waals surface area contributed by atoms with E-state index in [1.165, 1.54) is 4.90 Å². The van der Waals surface area contributed by atoms with Crippen LogP contribution >= 0.6 is 23.2 Å². The Balaban J connectivity index is 1.77. The lowest BCUT2D eigenvalue weighted by atomic mass is 9.98. The minimum absolute atomic E-state index is 0.000988. The first-order chi connectivity index (χ1) is 16.4. The summed E-state index contributed by atoms with van der Waals surface area (Å²) in [6, 6.07) is 16.7. The zero-order chi connectivity index (χ0) is 24.0. The number of carbonyl (C=O) groups is 1. The van der Waals surface area contributed by atoms with Gasteiger partial charge in [-0.1, -0.05) is 54.1 Å². The Morgan fingerprint density at radius 3 is 2.68 bits per heavy atom. The summed E-state index contributed by atoms with van der Waals surface area (Å²) in [6.07, 6.45) is 1.65. The van der Waals surface area contributed by atoms with Gasteiger partial charge in [-0.3, -0.25) is 14.5 Å². The molecule has 3 aromatic carbocycles. The Bertz CT molecular complexity index is 1530. The van der Waals surface area contributed by atoms with Crippen molar-refractivity contribution in [3.8, 4) is 5.75 Å². The van der Waals surface area contributed by atoms with E-state index in [0.717, 1.165) is 5.56 Å². The lowest BCUT2D eigenvalue weighted by Crippen LogP contribution is -2.29. The first kappa shape index (κ1) is 22.3. The number of amides is 1. The number of hydrogen-bond donors (Lipinski definition) is 0. The number of nitrogens with zero attached hydrogens (tertiary/aromatic N) is 1. The molecule has 0 spiro atoms. The predicted octanol–water partition coefficient (Wildman–Crippen LogP) is 6.72. The molecule has 34 heavy (non-hydrogen) atoms. The number of rotatable bonds is 5. The number of halogens is 2. The molecule has 4 aromatic rings. The second kappa shape index (κ2) is 8.67. The number of fused-ring (bicyclic) bond motifs is 2. The number of anilines is 1. The third-order valence-corrected chi connectivity index (χ3v) is 6.45. The maximum Gasteiger partial charge on any atom is 0.295 e. The molecule has 0 aliphatic carbocycles. The molecule has 1 unspecified atom stereocenters. The molecule has 1 aromatic heterocycles. The molecule has 0 fully saturated rings. The fraction of sp³-hybridized carbons (Fsp3) is 0.111. The summed E-state index contributed by atoms with van der Waals surface area (Å²) in [6.45, 7) is 5.88. The fourth-order valence-corrected chi connectivity index (χ4v) is 4.53. The molecule has 1 atom stereocenters. The molecule has 2 heterocycles. The van der Waals surface area contributed by atoms with E-state index in [0.29, 0.717) is 44.6 Å². The molecule has 170 valence electrons. The van der Waals surface area contributed by atoms with Crippen LogP contribution in [0, 0.1) is 6.92 Å². The van der Waals surface area contributed by atoms with Crippen molar-refractivity contribution in [1.29, 1.82) is 0 Å². The zero-order valence-electron chi connectivity index (χ0n) is 18.2. The van der Waals surface area contributed by atoms with Crippen molar-refractivity contribution in [2.45, 2.75) is 13.0 Å². The molecule has 0 radical (unpaired) electrons. The Morgan fingerprint density at radius 2 is 1.91 bits per heavy atom. The molecule has 1 aliphatic rings. The predicted molar refractivity (Wildman–Crippen MR) is 134 cm³/mol. The van der Waals surface area contributed by atoms with Crippen LogP contribution in [-0.2, 0) is 0 Å². The molecule has 0 N–H and O–H groups in total. The van der Waals surface area contributed by atoms with E-state index in [9.17, 15) is 9.59 Å². The van der Waals surface area contributed by atoms with Gasteiger partial charge in [0, 0.05) is 15.7 Å². The summed E-state index contributed by atoms with van der Waals surface area (Å²) in [5.41, 5.74) is 2.36. The minimum Gasteiger partial charge on any atom is -0.490 e. The maximum absolute atomic E-state index is 13.7. The van der Waals surface area contributed by atoms with Gasteiger partial charge >= 0.3 is 0 Å². The summed E-state index contributed by atoms with van der Waals surface area (Å²) < 4.78 is 11.7. The molecule has 0 saturated carbocycles. The summed E-state index contributed by atoms with van der Waals surface area (Å²) in [5.74, 6) is 0.165. The monoisotopic (exact) mass is 491 g/mol. The largest absolute Gasteiger partial charge is 0.490 e. The van der Waals surface area contributed by atoms with Gasteiger partial charge in [-0.15, -0.1) is 0 Å². The number of aryl methyl sites for hydroxylation is 1. The summed E-state index contributed by atoms with van der Waals surface area (Å²) in [7, 11) is 0. The molecule has 5 rings (SSSR count). The van der Waals surface area contributed by atoms with E-state index >= 15 is 0 Å². The van der Waals surface area contributed by atoms with Crippen LogP contribution in [0.15, 0.2) is 82.5 Å². The lowest BCUT2D eigenvalue weighted by molar-refractivity contribution is 0.0971. The van der Waals surface area contributed by atoms with Gasteiger partial charge in [-0.2, -0.15) is 0 Å². The van der Waals surface area contributed by atoms with Crippen LogP contribution in [0.5, 0.6) is 5.75 Å². The standard InChI is InChI=1S/C27H19Cl2NO4/c1-3-11-33-19-6-4-5-16(12-19)24-23-25(31)20-13-17(28)8-10-22(20)34-26(23)27(32)30(24)18-9-7-15(2)21(29)14-18/h3-10,12-14,24H,1,11H2,2H3. The van der Waals surface area contributed by atoms with Gasteiger partial charge in [0.25, 0.3) is 5.91 Å². The molecule has 1 amide bonds. The number of carbonyl (C=O) groups excluding carboxylic acids is 1. The van der Waals surface area contributed by atoms with Crippen LogP contribution in [0.2, 0.25) is 10.0 Å². The Labute approximate surface area is 205 Å². The number of ether oxygens (including phenoxy) is 1. The molecular formula is C27H19Cl2NO4. The highest BCUT2D eigenvalue weighted by atomic mass is 35.5. The lowest BCUT2D eigenvalue weighted by Gasteiger charge is -2.26. The first-order valence-corrected chi connectivity index (χ1v) is 11.3. The normalized spacial score (nSPS) is 15.0. The molecule has 1 aliphatic heterocycles. The van der Waals surface area contributed by atoms with Crippen molar-refractivity contribution in [1.82, 2.24) is 0 Å². The van der Waals surface area contributed by atoms with Crippen LogP contribution in [0.4, 0.5) is 5.69 Å². The summed E-state index contributed by atoms with van der Waals surface area (Å²) in [4.78, 5) is 28.9. The van der Waals surface area contributed by atoms with Gasteiger partial charge in [-0.25, -0.2) is 0 Å². The Morgan fingerprint density at radius 1 is 1.09 bits per heavy atom. The van der Waals surface area contributed by atoms with Gasteiger partial charge in [0.15, 0.2) is 5.43 Å². The molecule has 0 saturated heterocycles. The molecule has 7 heteroatoms. The van der Waals surface area contributed by atoms with Crippen LogP contribution in [0.1, 0.15) is 33.3 Å². The second-order valence-corrected chi connectivity index (χ2v) is 8.84. The quantitative estimate of drug-likeness (QED) is 0.290. The number of hydrogen-bond acceptors (Lipinski definition) is 4. The highest BCUT2D eigenvalue weighted by Crippen LogP contribution is 2.42. The molecular weight excluding hydrogens is 473 g/mol. The third kappa shape index (κ3) is 3.67. The van der Waals surface area contributed by atoms with Gasteiger partial charge in [0.05, 0.1) is 17.0 Å². The summed E-state index contributed by atoms with van der Waals surface area (Å²) >= 11 is 12.5. The van der Waals surface area contributed by atoms with Gasteiger partial charge < -0.3 is 9.15 Å². The van der Waals surface area contributed by atoms with E-state index in [4.69, 9.17) is 32.4 Å². The topological polar surface area (TPSA) is 59.8 Å². The van der Waals surface area contributed by atoms with Crippen LogP contribution in [-0.4, -0.2) is 12.5 Å². The van der Waals surface area contributed by atoms with Crippen molar-refractivity contribution in [2.75, 3.05) is 11.5 Å². The number of benzene rings is 3.